The van der Waals surface area contributed by atoms with Crippen LogP contribution in [0.1, 0.15) is 107 Å². The summed E-state index contributed by atoms with van der Waals surface area (Å²) in [5, 5.41) is 8.07. The molecule has 0 amide bonds. The molecule has 2 unspecified atom stereocenters. The van der Waals surface area contributed by atoms with Gasteiger partial charge in [-0.15, -0.1) is 6.58 Å². The smallest absolute Gasteiger partial charge is 0.0430 e. The maximum atomic E-state index is 8.07. The van der Waals surface area contributed by atoms with Gasteiger partial charge in [-0.25, -0.2) is 0 Å². The van der Waals surface area contributed by atoms with Crippen molar-refractivity contribution in [3.63, 3.8) is 0 Å². The molecule has 0 aliphatic carbocycles. The number of allylic oxidation sites excluding steroid dienone is 3. The molecule has 154 valence electrons. The Morgan fingerprint density at radius 2 is 1.28 bits per heavy atom. The van der Waals surface area contributed by atoms with E-state index in [1.807, 2.05) is 32.1 Å². The van der Waals surface area contributed by atoms with Gasteiger partial charge < -0.3 is 5.11 Å². The molecule has 0 aliphatic rings. The maximum absolute atomic E-state index is 8.07. The second-order valence-corrected chi connectivity index (χ2v) is 6.72. The number of hydrogen-bond donors (Lipinski definition) is 1. The van der Waals surface area contributed by atoms with Crippen molar-refractivity contribution in [2.45, 2.75) is 107 Å². The van der Waals surface area contributed by atoms with Crippen molar-refractivity contribution in [2.24, 2.45) is 17.8 Å². The van der Waals surface area contributed by atoms with Crippen molar-refractivity contribution >= 4 is 0 Å². The van der Waals surface area contributed by atoms with Crippen LogP contribution in [-0.4, -0.2) is 11.7 Å². The quantitative estimate of drug-likeness (QED) is 0.411. The van der Waals surface area contributed by atoms with Crippen LogP contribution in [0.3, 0.4) is 0 Å². The van der Waals surface area contributed by atoms with E-state index in [-0.39, 0.29) is 0 Å². The maximum Gasteiger partial charge on any atom is 0.0430 e. The molecule has 1 nitrogen and oxygen atoms in total. The van der Waals surface area contributed by atoms with Gasteiger partial charge in [0.1, 0.15) is 0 Å². The van der Waals surface area contributed by atoms with Crippen molar-refractivity contribution in [1.82, 2.24) is 0 Å². The predicted octanol–water partition coefficient (Wildman–Crippen LogP) is 8.44. The molecule has 0 bridgehead atoms. The summed E-state index contributed by atoms with van der Waals surface area (Å²) in [6.45, 7) is 23.7. The average molecular weight is 357 g/mol. The number of hydrogen-bond acceptors (Lipinski definition) is 1. The summed E-state index contributed by atoms with van der Waals surface area (Å²) in [6.07, 6.45) is 14.5. The van der Waals surface area contributed by atoms with Gasteiger partial charge >= 0.3 is 0 Å². The minimum absolute atomic E-state index is 0.344. The first-order valence-corrected chi connectivity index (χ1v) is 10.7. The van der Waals surface area contributed by atoms with Crippen LogP contribution in [-0.2, 0) is 0 Å². The van der Waals surface area contributed by atoms with E-state index >= 15 is 0 Å². The van der Waals surface area contributed by atoms with Crippen molar-refractivity contribution in [1.29, 1.82) is 0 Å². The summed E-state index contributed by atoms with van der Waals surface area (Å²) in [7, 11) is 0. The SMILES string of the molecule is C=CCC.CC=CC.CCC(CC)CC(C)C(C)CC.CCCCO. The molecule has 1 heteroatoms. The fourth-order valence-electron chi connectivity index (χ4n) is 1.94. The third kappa shape index (κ3) is 35.4. The van der Waals surface area contributed by atoms with Gasteiger partial charge in [-0.1, -0.05) is 92.4 Å². The Bertz CT molecular complexity index is 222. The third-order valence-electron chi connectivity index (χ3n) is 4.61. The van der Waals surface area contributed by atoms with Crippen LogP contribution in [0.25, 0.3) is 0 Å². The highest BCUT2D eigenvalue weighted by molar-refractivity contribution is 4.68. The molecule has 0 aromatic rings. The van der Waals surface area contributed by atoms with E-state index in [1.54, 1.807) is 0 Å². The summed E-state index contributed by atoms with van der Waals surface area (Å²) in [5.74, 6) is 2.79. The molecule has 2 atom stereocenters. The van der Waals surface area contributed by atoms with Crippen molar-refractivity contribution in [3.05, 3.63) is 24.8 Å². The molecule has 0 radical (unpaired) electrons. The summed E-state index contributed by atoms with van der Waals surface area (Å²) in [5.41, 5.74) is 0. The molecule has 0 saturated carbocycles. The van der Waals surface area contributed by atoms with Gasteiger partial charge in [0.25, 0.3) is 0 Å². The van der Waals surface area contributed by atoms with Crippen LogP contribution in [0.2, 0.25) is 0 Å². The molecule has 25 heavy (non-hydrogen) atoms. The Kier molecular flexibility index (Phi) is 40.2. The zero-order valence-electron chi connectivity index (χ0n) is 19.3. The lowest BCUT2D eigenvalue weighted by atomic mass is 9.83. The Balaban J connectivity index is -0.000000140. The van der Waals surface area contributed by atoms with Crippen molar-refractivity contribution in [2.75, 3.05) is 6.61 Å². The first kappa shape index (κ1) is 32.1. The van der Waals surface area contributed by atoms with E-state index in [2.05, 4.69) is 55.0 Å². The minimum Gasteiger partial charge on any atom is -0.396 e. The lowest BCUT2D eigenvalue weighted by molar-refractivity contribution is 0.287. The van der Waals surface area contributed by atoms with Gasteiger partial charge in [0.15, 0.2) is 0 Å². The molecule has 0 spiro atoms. The highest BCUT2D eigenvalue weighted by Crippen LogP contribution is 2.25. The Labute approximate surface area is 162 Å². The topological polar surface area (TPSA) is 20.2 Å². The molecule has 0 aromatic carbocycles. The van der Waals surface area contributed by atoms with Crippen LogP contribution in [0, 0.1) is 17.8 Å². The van der Waals surface area contributed by atoms with Crippen LogP contribution < -0.4 is 0 Å². The second-order valence-electron chi connectivity index (χ2n) is 6.72. The lowest BCUT2D eigenvalue weighted by Crippen LogP contribution is -2.11. The Hall–Kier alpha value is -0.560. The van der Waals surface area contributed by atoms with E-state index in [1.165, 1.54) is 25.7 Å². The fraction of sp³-hybridized carbons (Fsp3) is 0.833. The molecule has 0 heterocycles. The van der Waals surface area contributed by atoms with Crippen LogP contribution >= 0.6 is 0 Å². The normalized spacial score (nSPS) is 12.1. The number of unbranched alkanes of at least 4 members (excludes halogenated alkanes) is 1. The van der Waals surface area contributed by atoms with Gasteiger partial charge in [-0.2, -0.15) is 0 Å². The third-order valence-corrected chi connectivity index (χ3v) is 4.61. The van der Waals surface area contributed by atoms with Gasteiger partial charge in [-0.05, 0) is 50.9 Å². The zero-order chi connectivity index (χ0) is 20.5. The molecule has 0 aromatic heterocycles. The van der Waals surface area contributed by atoms with Crippen LogP contribution in [0.4, 0.5) is 0 Å². The fourth-order valence-corrected chi connectivity index (χ4v) is 1.94. The summed E-state index contributed by atoms with van der Waals surface area (Å²) >= 11 is 0. The molecule has 1 N–H and O–H groups in total. The highest BCUT2D eigenvalue weighted by Gasteiger charge is 2.14. The van der Waals surface area contributed by atoms with E-state index in [0.29, 0.717) is 6.61 Å². The van der Waals surface area contributed by atoms with Gasteiger partial charge in [-0.3, -0.25) is 0 Å². The first-order chi connectivity index (χ1) is 11.9. The average Bonchev–Trinajstić information content (AvgIpc) is 2.66. The first-order valence-electron chi connectivity index (χ1n) is 10.7. The standard InChI is InChI=1S/C12H26.C4H10O.2C4H8/c1-6-10(4)11(5)9-12(7-2)8-3;1-2-3-4-5;2*1-3-4-2/h10-12H,6-9H2,1-5H3;5H,2-4H2,1H3;3-4H,1-2H3;3H,1,4H2,2H3. The minimum atomic E-state index is 0.344. The lowest BCUT2D eigenvalue weighted by Gasteiger charge is -2.22. The number of aliphatic hydroxyl groups excluding tert-OH is 1. The number of rotatable bonds is 9. The molecule has 0 fully saturated rings. The summed E-state index contributed by atoms with van der Waals surface area (Å²) < 4.78 is 0. The Morgan fingerprint density at radius 1 is 0.840 bits per heavy atom. The number of aliphatic hydroxyl groups is 1. The highest BCUT2D eigenvalue weighted by atomic mass is 16.2. The summed E-state index contributed by atoms with van der Waals surface area (Å²) in [4.78, 5) is 0. The monoisotopic (exact) mass is 356 g/mol. The second kappa shape index (κ2) is 31.2. The van der Waals surface area contributed by atoms with Gasteiger partial charge in [0.2, 0.25) is 0 Å². The molecular weight excluding hydrogens is 304 g/mol. The molecule has 0 saturated heterocycles. The van der Waals surface area contributed by atoms with Gasteiger partial charge in [0, 0.05) is 6.61 Å². The van der Waals surface area contributed by atoms with Crippen molar-refractivity contribution in [3.8, 4) is 0 Å². The zero-order valence-corrected chi connectivity index (χ0v) is 19.3. The van der Waals surface area contributed by atoms with E-state index in [4.69, 9.17) is 5.11 Å². The molecule has 0 rings (SSSR count). The van der Waals surface area contributed by atoms with Crippen LogP contribution in [0.5, 0.6) is 0 Å². The Morgan fingerprint density at radius 3 is 1.44 bits per heavy atom. The molecular formula is C24H52O. The van der Waals surface area contributed by atoms with E-state index < -0.39 is 0 Å². The van der Waals surface area contributed by atoms with Crippen molar-refractivity contribution < 1.29 is 5.11 Å². The van der Waals surface area contributed by atoms with Gasteiger partial charge in [0.05, 0.1) is 0 Å². The summed E-state index contributed by atoms with van der Waals surface area (Å²) in [6, 6.07) is 0. The largest absolute Gasteiger partial charge is 0.396 e. The van der Waals surface area contributed by atoms with E-state index in [0.717, 1.165) is 37.0 Å². The predicted molar refractivity (Wildman–Crippen MR) is 120 cm³/mol. The van der Waals surface area contributed by atoms with Crippen LogP contribution in [0.15, 0.2) is 24.8 Å². The molecule has 0 aliphatic heterocycles. The van der Waals surface area contributed by atoms with E-state index in [9.17, 15) is 0 Å².